The molecule has 0 heterocycles. The number of amides is 1. The van der Waals surface area contributed by atoms with E-state index in [1.807, 2.05) is 0 Å². The Morgan fingerprint density at radius 3 is 2.74 bits per heavy atom. The van der Waals surface area contributed by atoms with E-state index in [0.29, 0.717) is 17.5 Å². The third-order valence-electron chi connectivity index (χ3n) is 2.40. The van der Waals surface area contributed by atoms with Crippen LogP contribution in [0.3, 0.4) is 0 Å². The minimum Gasteiger partial charge on any atom is -0.403 e. The molecule has 0 aliphatic carbocycles. The zero-order valence-electron chi connectivity index (χ0n) is 10.5. The van der Waals surface area contributed by atoms with E-state index < -0.39 is 5.91 Å². The van der Waals surface area contributed by atoms with Crippen molar-refractivity contribution in [3.8, 4) is 0 Å². The third-order valence-corrected chi connectivity index (χ3v) is 2.40. The Morgan fingerprint density at radius 2 is 2.16 bits per heavy atom. The van der Waals surface area contributed by atoms with Gasteiger partial charge in [0.15, 0.2) is 6.29 Å². The largest absolute Gasteiger partial charge is 0.403 e. The van der Waals surface area contributed by atoms with E-state index in [-0.39, 0.29) is 12.2 Å². The minimum absolute atomic E-state index is 0.0124. The zero-order chi connectivity index (χ0) is 14.3. The lowest BCUT2D eigenvalue weighted by atomic mass is 10.1. The van der Waals surface area contributed by atoms with Crippen LogP contribution in [0, 0.1) is 0 Å². The maximum absolute atomic E-state index is 12.1. The van der Waals surface area contributed by atoms with Gasteiger partial charge in [0.05, 0.1) is 11.3 Å². The van der Waals surface area contributed by atoms with Crippen LogP contribution in [0.15, 0.2) is 36.2 Å². The fourth-order valence-electron chi connectivity index (χ4n) is 1.33. The molecule has 7 heteroatoms. The van der Waals surface area contributed by atoms with Gasteiger partial charge in [-0.15, -0.1) is 0 Å². The Morgan fingerprint density at radius 1 is 1.47 bits per heavy atom. The van der Waals surface area contributed by atoms with Crippen molar-refractivity contribution in [1.82, 2.24) is 10.5 Å². The molecule has 0 aliphatic rings. The van der Waals surface area contributed by atoms with Crippen LogP contribution in [-0.2, 0) is 4.84 Å². The normalized spacial score (nSPS) is 10.9. The predicted octanol–water partition coefficient (Wildman–Crippen LogP) is -0.234. The van der Waals surface area contributed by atoms with Crippen molar-refractivity contribution >= 4 is 12.2 Å². The number of carbonyl (C=O) groups is 2. The smallest absolute Gasteiger partial charge is 0.277 e. The number of carbonyl (C=O) groups excluding carboxylic acids is 2. The molecular formula is C12H16N4O3. The minimum atomic E-state index is -0.434. The second-order valence-electron chi connectivity index (χ2n) is 3.62. The van der Waals surface area contributed by atoms with Crippen molar-refractivity contribution in [1.29, 1.82) is 0 Å². The molecule has 1 rings (SSSR count). The lowest BCUT2D eigenvalue weighted by molar-refractivity contribution is -0.0970. The highest BCUT2D eigenvalue weighted by Gasteiger charge is 2.16. The number of hydrogen-bond acceptors (Lipinski definition) is 6. The van der Waals surface area contributed by atoms with Crippen molar-refractivity contribution in [2.45, 2.75) is 0 Å². The Balaban J connectivity index is 2.74. The summed E-state index contributed by atoms with van der Waals surface area (Å²) in [5.41, 5.74) is 8.58. The SMILES string of the molecule is CN(OC/C(=C/N)NN)C(=O)c1ccccc1C=O. The molecule has 1 amide bonds. The number of hydroxylamine groups is 2. The van der Waals surface area contributed by atoms with Gasteiger partial charge in [0, 0.05) is 18.8 Å². The quantitative estimate of drug-likeness (QED) is 0.372. The van der Waals surface area contributed by atoms with E-state index in [1.165, 1.54) is 13.2 Å². The summed E-state index contributed by atoms with van der Waals surface area (Å²) in [4.78, 5) is 28.1. The molecule has 102 valence electrons. The van der Waals surface area contributed by atoms with Gasteiger partial charge in [-0.1, -0.05) is 18.2 Å². The van der Waals surface area contributed by atoms with E-state index in [0.717, 1.165) is 5.06 Å². The molecule has 0 aliphatic heterocycles. The number of nitrogens with one attached hydrogen (secondary N) is 1. The number of rotatable bonds is 6. The highest BCUT2D eigenvalue weighted by atomic mass is 16.7. The van der Waals surface area contributed by atoms with E-state index in [2.05, 4.69) is 5.43 Å². The fraction of sp³-hybridized carbons (Fsp3) is 0.167. The van der Waals surface area contributed by atoms with Gasteiger partial charge in [0.25, 0.3) is 5.91 Å². The second-order valence-corrected chi connectivity index (χ2v) is 3.62. The maximum atomic E-state index is 12.1. The Hall–Kier alpha value is -2.38. The van der Waals surface area contributed by atoms with E-state index in [9.17, 15) is 9.59 Å². The molecule has 7 nitrogen and oxygen atoms in total. The van der Waals surface area contributed by atoms with E-state index >= 15 is 0 Å². The first-order valence-electron chi connectivity index (χ1n) is 5.46. The lowest BCUT2D eigenvalue weighted by Gasteiger charge is -2.18. The molecule has 0 saturated heterocycles. The standard InChI is InChI=1S/C12H16N4O3/c1-16(19-8-10(6-13)15-14)12(18)11-5-3-2-4-9(11)7-17/h2-7,15H,8,13-14H2,1H3/b10-6-. The summed E-state index contributed by atoms with van der Waals surface area (Å²) in [7, 11) is 1.44. The number of hydrazine groups is 1. The first-order chi connectivity index (χ1) is 9.13. The zero-order valence-corrected chi connectivity index (χ0v) is 10.5. The molecule has 0 atom stereocenters. The molecule has 0 saturated carbocycles. The van der Waals surface area contributed by atoms with Crippen molar-refractivity contribution in [2.24, 2.45) is 11.6 Å². The van der Waals surface area contributed by atoms with E-state index in [4.69, 9.17) is 16.4 Å². The van der Waals surface area contributed by atoms with Gasteiger partial charge in [-0.3, -0.25) is 20.3 Å². The van der Waals surface area contributed by atoms with Crippen LogP contribution in [0.4, 0.5) is 0 Å². The first kappa shape index (κ1) is 14.7. The van der Waals surface area contributed by atoms with Gasteiger partial charge in [0.2, 0.25) is 0 Å². The number of hydrogen-bond donors (Lipinski definition) is 3. The maximum Gasteiger partial charge on any atom is 0.277 e. The molecule has 0 bridgehead atoms. The summed E-state index contributed by atoms with van der Waals surface area (Å²) < 4.78 is 0. The van der Waals surface area contributed by atoms with Gasteiger partial charge in [-0.25, -0.2) is 5.06 Å². The van der Waals surface area contributed by atoms with Gasteiger partial charge >= 0.3 is 0 Å². The average Bonchev–Trinajstić information content (AvgIpc) is 2.47. The molecule has 0 spiro atoms. The van der Waals surface area contributed by atoms with Gasteiger partial charge < -0.3 is 11.2 Å². The Bertz CT molecular complexity index is 488. The van der Waals surface area contributed by atoms with Crippen LogP contribution < -0.4 is 17.0 Å². The molecule has 1 aromatic carbocycles. The second kappa shape index (κ2) is 7.14. The number of nitrogens with two attached hydrogens (primary N) is 2. The summed E-state index contributed by atoms with van der Waals surface area (Å²) in [6, 6.07) is 6.45. The molecule has 0 unspecified atom stereocenters. The molecule has 5 N–H and O–H groups in total. The average molecular weight is 264 g/mol. The Kier molecular flexibility index (Phi) is 5.52. The number of aldehydes is 1. The topological polar surface area (TPSA) is 111 Å². The number of nitrogens with zero attached hydrogens (tertiary/aromatic N) is 1. The van der Waals surface area contributed by atoms with Gasteiger partial charge in [-0.2, -0.15) is 0 Å². The molecule has 0 aromatic heterocycles. The lowest BCUT2D eigenvalue weighted by Crippen LogP contribution is -2.32. The summed E-state index contributed by atoms with van der Waals surface area (Å²) >= 11 is 0. The summed E-state index contributed by atoms with van der Waals surface area (Å²) in [6.07, 6.45) is 1.85. The fourth-order valence-corrected chi connectivity index (χ4v) is 1.33. The van der Waals surface area contributed by atoms with Crippen LogP contribution in [0.25, 0.3) is 0 Å². The van der Waals surface area contributed by atoms with Crippen LogP contribution >= 0.6 is 0 Å². The van der Waals surface area contributed by atoms with Crippen molar-refractivity contribution < 1.29 is 14.4 Å². The Labute approximate surface area is 110 Å². The van der Waals surface area contributed by atoms with Crippen molar-refractivity contribution in [3.63, 3.8) is 0 Å². The van der Waals surface area contributed by atoms with E-state index in [1.54, 1.807) is 24.3 Å². The highest BCUT2D eigenvalue weighted by molar-refractivity contribution is 6.00. The van der Waals surface area contributed by atoms with Crippen LogP contribution in [0.2, 0.25) is 0 Å². The van der Waals surface area contributed by atoms with Gasteiger partial charge in [0.1, 0.15) is 6.61 Å². The van der Waals surface area contributed by atoms with Crippen LogP contribution in [-0.4, -0.2) is 30.9 Å². The molecule has 19 heavy (non-hydrogen) atoms. The van der Waals surface area contributed by atoms with Crippen LogP contribution in [0.5, 0.6) is 0 Å². The predicted molar refractivity (Wildman–Crippen MR) is 69.5 cm³/mol. The first-order valence-corrected chi connectivity index (χ1v) is 5.46. The summed E-state index contributed by atoms with van der Waals surface area (Å²) in [5.74, 6) is 4.74. The third kappa shape index (κ3) is 3.80. The molecule has 0 fully saturated rings. The van der Waals surface area contributed by atoms with Gasteiger partial charge in [-0.05, 0) is 6.07 Å². The monoisotopic (exact) mass is 264 g/mol. The molecule has 1 aromatic rings. The molecular weight excluding hydrogens is 248 g/mol. The molecule has 0 radical (unpaired) electrons. The highest BCUT2D eigenvalue weighted by Crippen LogP contribution is 2.09. The van der Waals surface area contributed by atoms with Crippen molar-refractivity contribution in [3.05, 3.63) is 47.3 Å². The van der Waals surface area contributed by atoms with Crippen LogP contribution in [0.1, 0.15) is 20.7 Å². The number of benzene rings is 1. The summed E-state index contributed by atoms with van der Waals surface area (Å²) in [6.45, 7) is 0.0124. The van der Waals surface area contributed by atoms with Crippen molar-refractivity contribution in [2.75, 3.05) is 13.7 Å². The summed E-state index contributed by atoms with van der Waals surface area (Å²) in [5, 5.41) is 1.02.